The molecule has 2 nitrogen and oxygen atoms in total. The summed E-state index contributed by atoms with van der Waals surface area (Å²) in [7, 11) is 0. The Morgan fingerprint density at radius 1 is 0.895 bits per heavy atom. The van der Waals surface area contributed by atoms with E-state index in [-0.39, 0.29) is 17.6 Å². The highest BCUT2D eigenvalue weighted by Gasteiger charge is 2.89. The summed E-state index contributed by atoms with van der Waals surface area (Å²) in [6, 6.07) is 10.6. The molecule has 6 aliphatic rings. The Balaban J connectivity index is 1.68. The maximum atomic E-state index is 11.0. The number of hydrogen-bond acceptors (Lipinski definition) is 2. The Hall–Kier alpha value is -0.860. The molecule has 7 rings (SSSR count). The second-order valence-corrected chi connectivity index (χ2v) is 7.58. The van der Waals surface area contributed by atoms with Crippen molar-refractivity contribution in [1.82, 2.24) is 0 Å². The van der Waals surface area contributed by atoms with Gasteiger partial charge in [0.15, 0.2) is 0 Å². The normalized spacial score (nSPS) is 65.9. The van der Waals surface area contributed by atoms with Gasteiger partial charge >= 0.3 is 0 Å². The summed E-state index contributed by atoms with van der Waals surface area (Å²) in [4.78, 5) is 0. The third-order valence-electron chi connectivity index (χ3n) is 7.76. The first-order chi connectivity index (χ1) is 9.28. The Morgan fingerprint density at radius 3 is 2.47 bits per heavy atom. The summed E-state index contributed by atoms with van der Waals surface area (Å²) in [5.41, 5.74) is 1.20. The average Bonchev–Trinajstić information content (AvgIpc) is 3.15. The zero-order valence-corrected chi connectivity index (χ0v) is 10.7. The van der Waals surface area contributed by atoms with Gasteiger partial charge in [-0.1, -0.05) is 30.3 Å². The van der Waals surface area contributed by atoms with Crippen LogP contribution in [0.15, 0.2) is 30.3 Å². The van der Waals surface area contributed by atoms with Crippen molar-refractivity contribution in [2.45, 2.75) is 24.0 Å². The summed E-state index contributed by atoms with van der Waals surface area (Å²) in [5.74, 6) is 3.93. The van der Waals surface area contributed by atoms with Gasteiger partial charge in [-0.25, -0.2) is 0 Å². The predicted molar refractivity (Wildman–Crippen MR) is 69.2 cm³/mol. The van der Waals surface area contributed by atoms with E-state index in [0.29, 0.717) is 35.5 Å². The fourth-order valence-corrected chi connectivity index (χ4v) is 7.93. The fourth-order valence-electron chi connectivity index (χ4n) is 7.93. The van der Waals surface area contributed by atoms with Gasteiger partial charge in [-0.3, -0.25) is 0 Å². The van der Waals surface area contributed by atoms with Gasteiger partial charge in [0, 0.05) is 11.3 Å². The van der Waals surface area contributed by atoms with Crippen molar-refractivity contribution in [1.29, 1.82) is 0 Å². The number of hydrogen-bond donors (Lipinski definition) is 2. The van der Waals surface area contributed by atoms with Crippen LogP contribution in [0.3, 0.4) is 0 Å². The third-order valence-corrected chi connectivity index (χ3v) is 7.76. The molecule has 0 spiro atoms. The van der Waals surface area contributed by atoms with E-state index in [0.717, 1.165) is 5.92 Å². The molecule has 19 heavy (non-hydrogen) atoms. The van der Waals surface area contributed by atoms with E-state index in [1.807, 2.05) is 6.07 Å². The largest absolute Gasteiger partial charge is 0.392 e. The number of aliphatic hydroxyl groups excluding tert-OH is 2. The van der Waals surface area contributed by atoms with Crippen LogP contribution in [0.1, 0.15) is 12.0 Å². The molecule has 0 aromatic heterocycles. The highest BCUT2D eigenvalue weighted by molar-refractivity contribution is 5.47. The summed E-state index contributed by atoms with van der Waals surface area (Å²) >= 11 is 0. The van der Waals surface area contributed by atoms with E-state index < -0.39 is 0 Å². The molecule has 6 aliphatic carbocycles. The van der Waals surface area contributed by atoms with Crippen molar-refractivity contribution in [2.24, 2.45) is 41.4 Å². The predicted octanol–water partition coefficient (Wildman–Crippen LogP) is 1.42. The number of benzene rings is 1. The maximum Gasteiger partial charge on any atom is 0.0677 e. The lowest BCUT2D eigenvalue weighted by Crippen LogP contribution is -2.44. The van der Waals surface area contributed by atoms with E-state index in [1.54, 1.807) is 0 Å². The van der Waals surface area contributed by atoms with Crippen molar-refractivity contribution in [2.75, 3.05) is 0 Å². The summed E-state index contributed by atoms with van der Waals surface area (Å²) in [5, 5.41) is 21.8. The van der Waals surface area contributed by atoms with Crippen LogP contribution >= 0.6 is 0 Å². The van der Waals surface area contributed by atoms with Gasteiger partial charge in [0.2, 0.25) is 0 Å². The van der Waals surface area contributed by atoms with Crippen molar-refractivity contribution >= 4 is 0 Å². The summed E-state index contributed by atoms with van der Waals surface area (Å²) < 4.78 is 0. The summed E-state index contributed by atoms with van der Waals surface area (Å²) in [6.07, 6.45) is 0.934. The van der Waals surface area contributed by atoms with Crippen LogP contribution in [0.5, 0.6) is 0 Å². The number of rotatable bonds is 1. The smallest absolute Gasteiger partial charge is 0.0677 e. The van der Waals surface area contributed by atoms with Crippen LogP contribution in [0, 0.1) is 41.4 Å². The maximum absolute atomic E-state index is 11.0. The molecule has 6 fully saturated rings. The summed E-state index contributed by atoms with van der Waals surface area (Å²) in [6.45, 7) is 0. The van der Waals surface area contributed by atoms with Crippen LogP contribution < -0.4 is 0 Å². The Labute approximate surface area is 112 Å². The second-order valence-electron chi connectivity index (χ2n) is 7.58. The lowest BCUT2D eigenvalue weighted by atomic mass is 9.61. The van der Waals surface area contributed by atoms with E-state index in [4.69, 9.17) is 0 Å². The Bertz CT molecular complexity index is 580. The van der Waals surface area contributed by atoms with E-state index in [2.05, 4.69) is 24.3 Å². The second kappa shape index (κ2) is 2.64. The van der Waals surface area contributed by atoms with Crippen molar-refractivity contribution in [3.8, 4) is 0 Å². The lowest BCUT2D eigenvalue weighted by Gasteiger charge is -2.42. The van der Waals surface area contributed by atoms with Crippen molar-refractivity contribution in [3.05, 3.63) is 35.9 Å². The van der Waals surface area contributed by atoms with Crippen LogP contribution in [-0.2, 0) is 5.41 Å². The molecule has 0 heterocycles. The highest BCUT2D eigenvalue weighted by atomic mass is 16.3. The average molecular weight is 254 g/mol. The molecule has 0 amide bonds. The minimum Gasteiger partial charge on any atom is -0.392 e. The van der Waals surface area contributed by atoms with Gasteiger partial charge in [0.05, 0.1) is 12.2 Å². The molecule has 98 valence electrons. The molecule has 0 radical (unpaired) electrons. The quantitative estimate of drug-likeness (QED) is 0.795. The number of aliphatic hydroxyl groups is 2. The van der Waals surface area contributed by atoms with Crippen LogP contribution in [0.4, 0.5) is 0 Å². The van der Waals surface area contributed by atoms with Gasteiger partial charge < -0.3 is 10.2 Å². The topological polar surface area (TPSA) is 40.5 Å². The molecule has 6 bridgehead atoms. The van der Waals surface area contributed by atoms with E-state index in [9.17, 15) is 10.2 Å². The standard InChI is InChI=1S/C17H18O2/c18-15-12-8-6-9-11-10(8)14(15)17(13(9)12,16(11)19)7-4-2-1-3-5-7/h1-5,8-16,18-19H,6H2/t8-,9+,10+,11-,12+,13-,14-,15+,16-,17+/m0/s1. The molecular weight excluding hydrogens is 236 g/mol. The highest BCUT2D eigenvalue weighted by Crippen LogP contribution is 2.86. The van der Waals surface area contributed by atoms with Crippen LogP contribution in [-0.4, -0.2) is 22.4 Å². The molecule has 1 aromatic carbocycles. The van der Waals surface area contributed by atoms with Crippen molar-refractivity contribution < 1.29 is 10.2 Å². The monoisotopic (exact) mass is 254 g/mol. The van der Waals surface area contributed by atoms with E-state index >= 15 is 0 Å². The van der Waals surface area contributed by atoms with Crippen LogP contribution in [0.2, 0.25) is 0 Å². The first-order valence-corrected chi connectivity index (χ1v) is 7.69. The zero-order chi connectivity index (χ0) is 12.5. The molecule has 2 heteroatoms. The minimum atomic E-state index is -0.202. The lowest BCUT2D eigenvalue weighted by molar-refractivity contribution is 0.0683. The van der Waals surface area contributed by atoms with Gasteiger partial charge in [0.25, 0.3) is 0 Å². The molecule has 0 aliphatic heterocycles. The van der Waals surface area contributed by atoms with E-state index in [1.165, 1.54) is 12.0 Å². The zero-order valence-electron chi connectivity index (χ0n) is 10.7. The van der Waals surface area contributed by atoms with Gasteiger partial charge in [0.1, 0.15) is 0 Å². The molecule has 6 saturated carbocycles. The Morgan fingerprint density at radius 2 is 1.68 bits per heavy atom. The SMILES string of the molecule is O[C@@H]1[C@@H]2[C@H]3C[C@@H]4[C@H]5[C@@H]3[C@@H]1[C@@](c1ccccc1)([C@@H]42)[C@H]5O. The Kier molecular flexibility index (Phi) is 1.38. The molecule has 1 aromatic rings. The minimum absolute atomic E-state index is 0.0989. The molecule has 2 N–H and O–H groups in total. The molecule has 10 atom stereocenters. The molecule has 0 unspecified atom stereocenters. The fraction of sp³-hybridized carbons (Fsp3) is 0.647. The third kappa shape index (κ3) is 0.696. The first kappa shape index (κ1) is 9.95. The van der Waals surface area contributed by atoms with Gasteiger partial charge in [-0.15, -0.1) is 0 Å². The van der Waals surface area contributed by atoms with Gasteiger partial charge in [-0.2, -0.15) is 0 Å². The molecule has 0 saturated heterocycles. The van der Waals surface area contributed by atoms with Gasteiger partial charge in [-0.05, 0) is 47.5 Å². The first-order valence-electron chi connectivity index (χ1n) is 7.69. The van der Waals surface area contributed by atoms with Crippen molar-refractivity contribution in [3.63, 3.8) is 0 Å². The van der Waals surface area contributed by atoms with Crippen LogP contribution in [0.25, 0.3) is 0 Å². The molecular formula is C17H18O2.